The second-order valence-electron chi connectivity index (χ2n) is 17.9. The summed E-state index contributed by atoms with van der Waals surface area (Å²) in [6.45, 7) is 6.44. The summed E-state index contributed by atoms with van der Waals surface area (Å²) in [5, 5.41) is 23.7. The third-order valence-corrected chi connectivity index (χ3v) is 11.9. The number of unbranched alkanes of at least 4 members (excludes halogenated alkanes) is 29. The lowest BCUT2D eigenvalue weighted by atomic mass is 10.0. The van der Waals surface area contributed by atoms with Crippen molar-refractivity contribution in [3.05, 3.63) is 36.5 Å². The van der Waals surface area contributed by atoms with Crippen LogP contribution in [-0.4, -0.2) is 46.9 Å². The van der Waals surface area contributed by atoms with E-state index in [1.807, 2.05) is 0 Å². The Kier molecular flexibility index (Phi) is 46.6. The Balaban J connectivity index is 4.50. The molecule has 0 heterocycles. The normalized spacial score (nSPS) is 13.5. The van der Waals surface area contributed by atoms with Crippen LogP contribution in [-0.2, 0) is 14.3 Å². The topological polar surface area (TPSA) is 95.9 Å². The largest absolute Gasteiger partial charge is 0.462 e. The van der Waals surface area contributed by atoms with Crippen molar-refractivity contribution >= 4 is 11.9 Å². The van der Waals surface area contributed by atoms with Crippen molar-refractivity contribution in [2.75, 3.05) is 6.61 Å². The Bertz CT molecular complexity index is 993. The summed E-state index contributed by atoms with van der Waals surface area (Å²) < 4.78 is 5.91. The number of allylic oxidation sites excluding steroid dienone is 6. The molecule has 3 unspecified atom stereocenters. The minimum absolute atomic E-state index is 0.0572. The third-order valence-electron chi connectivity index (χ3n) is 11.9. The number of esters is 1. The van der Waals surface area contributed by atoms with Gasteiger partial charge < -0.3 is 20.3 Å². The maximum absolute atomic E-state index is 13.2. The Morgan fingerprint density at radius 1 is 0.483 bits per heavy atom. The lowest BCUT2D eigenvalue weighted by molar-refractivity contribution is -0.151. The fourth-order valence-electron chi connectivity index (χ4n) is 7.93. The number of carbonyl (C=O) groups is 2. The van der Waals surface area contributed by atoms with Crippen molar-refractivity contribution in [3.63, 3.8) is 0 Å². The molecule has 0 aromatic carbocycles. The summed E-state index contributed by atoms with van der Waals surface area (Å²) in [6.07, 6.45) is 56.4. The molecule has 0 bridgehead atoms. The average Bonchev–Trinajstić information content (AvgIpc) is 3.24. The summed E-state index contributed by atoms with van der Waals surface area (Å²) >= 11 is 0. The maximum atomic E-state index is 13.2. The van der Waals surface area contributed by atoms with E-state index >= 15 is 0 Å². The molecule has 60 heavy (non-hydrogen) atoms. The first-order valence-corrected chi connectivity index (χ1v) is 26.2. The zero-order valence-corrected chi connectivity index (χ0v) is 40.1. The van der Waals surface area contributed by atoms with E-state index in [2.05, 4.69) is 62.5 Å². The molecule has 0 fully saturated rings. The Morgan fingerprint density at radius 2 is 0.867 bits per heavy atom. The quantitative estimate of drug-likeness (QED) is 0.0322. The van der Waals surface area contributed by atoms with E-state index in [0.29, 0.717) is 19.3 Å². The molecule has 0 saturated heterocycles. The van der Waals surface area contributed by atoms with Gasteiger partial charge in [-0.1, -0.05) is 218 Å². The fourth-order valence-corrected chi connectivity index (χ4v) is 7.93. The number of nitrogens with one attached hydrogen (secondary N) is 1. The summed E-state index contributed by atoms with van der Waals surface area (Å²) in [6, 6.07) is -0.707. The highest BCUT2D eigenvalue weighted by Gasteiger charge is 2.24. The van der Waals surface area contributed by atoms with Gasteiger partial charge in [0.15, 0.2) is 0 Å². The van der Waals surface area contributed by atoms with Crippen molar-refractivity contribution in [3.8, 4) is 0 Å². The van der Waals surface area contributed by atoms with Crippen LogP contribution in [0.1, 0.15) is 271 Å². The molecule has 0 radical (unpaired) electrons. The molecular weight excluding hydrogens is 743 g/mol. The van der Waals surface area contributed by atoms with E-state index < -0.39 is 18.2 Å². The van der Waals surface area contributed by atoms with Crippen LogP contribution in [0.5, 0.6) is 0 Å². The van der Waals surface area contributed by atoms with E-state index in [-0.39, 0.29) is 24.9 Å². The zero-order chi connectivity index (χ0) is 43.8. The zero-order valence-electron chi connectivity index (χ0n) is 40.1. The highest BCUT2D eigenvalue weighted by Crippen LogP contribution is 2.17. The summed E-state index contributed by atoms with van der Waals surface area (Å²) in [5.41, 5.74) is 0. The smallest absolute Gasteiger partial charge is 0.306 e. The molecular formula is C54H101NO5. The van der Waals surface area contributed by atoms with Gasteiger partial charge in [-0.3, -0.25) is 9.59 Å². The number of amides is 1. The summed E-state index contributed by atoms with van der Waals surface area (Å²) in [7, 11) is 0. The van der Waals surface area contributed by atoms with Gasteiger partial charge in [-0.05, 0) is 77.0 Å². The Morgan fingerprint density at radius 3 is 1.35 bits per heavy atom. The molecule has 6 heteroatoms. The van der Waals surface area contributed by atoms with Crippen molar-refractivity contribution < 1.29 is 24.5 Å². The van der Waals surface area contributed by atoms with E-state index in [4.69, 9.17) is 4.74 Å². The van der Waals surface area contributed by atoms with Crippen molar-refractivity contribution in [2.24, 2.45) is 0 Å². The number of aliphatic hydroxyl groups is 2. The molecule has 0 aliphatic rings. The van der Waals surface area contributed by atoms with Crippen LogP contribution in [0.4, 0.5) is 0 Å². The van der Waals surface area contributed by atoms with Crippen LogP contribution in [0.3, 0.4) is 0 Å². The van der Waals surface area contributed by atoms with Gasteiger partial charge in [0, 0.05) is 6.42 Å². The predicted molar refractivity (Wildman–Crippen MR) is 259 cm³/mol. The molecule has 3 N–H and O–H groups in total. The molecule has 6 nitrogen and oxygen atoms in total. The van der Waals surface area contributed by atoms with Crippen LogP contribution >= 0.6 is 0 Å². The van der Waals surface area contributed by atoms with Crippen molar-refractivity contribution in [1.82, 2.24) is 5.32 Å². The van der Waals surface area contributed by atoms with Gasteiger partial charge in [0.25, 0.3) is 0 Å². The second-order valence-corrected chi connectivity index (χ2v) is 17.9. The van der Waals surface area contributed by atoms with Gasteiger partial charge in [-0.25, -0.2) is 0 Å². The van der Waals surface area contributed by atoms with Gasteiger partial charge in [0.05, 0.1) is 25.2 Å². The Hall–Kier alpha value is -1.92. The number of carbonyl (C=O) groups excluding carboxylic acids is 2. The molecule has 0 aliphatic heterocycles. The lowest BCUT2D eigenvalue weighted by Gasteiger charge is -2.24. The van der Waals surface area contributed by atoms with E-state index in [1.165, 1.54) is 161 Å². The third kappa shape index (κ3) is 42.8. The predicted octanol–water partition coefficient (Wildman–Crippen LogP) is 15.7. The number of hydrogen-bond acceptors (Lipinski definition) is 5. The molecule has 1 amide bonds. The second kappa shape index (κ2) is 48.1. The number of rotatable bonds is 47. The van der Waals surface area contributed by atoms with Crippen molar-refractivity contribution in [2.45, 2.75) is 289 Å². The van der Waals surface area contributed by atoms with Gasteiger partial charge in [0.2, 0.25) is 5.91 Å². The SMILES string of the molecule is CCCCC/C=C\C/C=C\CCCCCCCCCCCC(=O)OC(CCC/C=C\CCCCCCCC)CC(=O)NC(CO)C(O)CCCCCCCCCCCCC. The standard InChI is InChI=1S/C54H101NO5/c1-4-7-10-13-16-19-22-23-24-25-26-27-28-29-32-35-38-41-44-47-54(59)60-50(45-42-39-36-33-30-20-17-14-11-8-5-2)48-53(58)55-51(49-56)52(57)46-43-40-37-34-31-21-18-15-12-9-6-3/h16,19,23-24,33,36,50-52,56-57H,4-15,17-18,20-22,25-32,34-35,37-49H2,1-3H3,(H,55,58)/b19-16-,24-23-,36-33-. The van der Waals surface area contributed by atoms with E-state index in [9.17, 15) is 19.8 Å². The van der Waals surface area contributed by atoms with Crippen LogP contribution in [0.25, 0.3) is 0 Å². The first kappa shape index (κ1) is 58.1. The summed E-state index contributed by atoms with van der Waals surface area (Å²) in [5.74, 6) is -0.500. The minimum atomic E-state index is -0.792. The first-order valence-electron chi connectivity index (χ1n) is 26.2. The monoisotopic (exact) mass is 844 g/mol. The Labute approximate surface area is 373 Å². The van der Waals surface area contributed by atoms with Gasteiger partial charge >= 0.3 is 5.97 Å². The van der Waals surface area contributed by atoms with E-state index in [0.717, 1.165) is 64.2 Å². The molecule has 0 rings (SSSR count). The van der Waals surface area contributed by atoms with Gasteiger partial charge in [-0.15, -0.1) is 0 Å². The molecule has 352 valence electrons. The van der Waals surface area contributed by atoms with Crippen LogP contribution in [0.15, 0.2) is 36.5 Å². The maximum Gasteiger partial charge on any atom is 0.306 e. The molecule has 0 aromatic rings. The number of hydrogen-bond donors (Lipinski definition) is 3. The highest BCUT2D eigenvalue weighted by atomic mass is 16.5. The average molecular weight is 844 g/mol. The molecule has 3 atom stereocenters. The first-order chi connectivity index (χ1) is 29.5. The lowest BCUT2D eigenvalue weighted by Crippen LogP contribution is -2.46. The minimum Gasteiger partial charge on any atom is -0.462 e. The van der Waals surface area contributed by atoms with E-state index in [1.54, 1.807) is 0 Å². The van der Waals surface area contributed by atoms with Gasteiger partial charge in [-0.2, -0.15) is 0 Å². The number of ether oxygens (including phenoxy) is 1. The van der Waals surface area contributed by atoms with Crippen LogP contribution in [0, 0.1) is 0 Å². The molecule has 0 spiro atoms. The van der Waals surface area contributed by atoms with Crippen LogP contribution < -0.4 is 5.32 Å². The highest BCUT2D eigenvalue weighted by molar-refractivity contribution is 5.77. The molecule has 0 aromatic heterocycles. The molecule has 0 saturated carbocycles. The summed E-state index contributed by atoms with van der Waals surface area (Å²) in [4.78, 5) is 26.1. The van der Waals surface area contributed by atoms with Crippen molar-refractivity contribution in [1.29, 1.82) is 0 Å². The van der Waals surface area contributed by atoms with Crippen LogP contribution in [0.2, 0.25) is 0 Å². The fraction of sp³-hybridized carbons (Fsp3) is 0.852. The molecule has 0 aliphatic carbocycles. The number of aliphatic hydroxyl groups excluding tert-OH is 2. The van der Waals surface area contributed by atoms with Gasteiger partial charge in [0.1, 0.15) is 6.10 Å².